The molecule has 2 aromatic rings. The molecule has 3 rings (SSSR count). The molecule has 1 aliphatic heterocycles. The number of allylic oxidation sites excluding steroid dienone is 1. The molecule has 0 aromatic heterocycles. The average molecular weight is 339 g/mol. The SMILES string of the molecule is CC(=O)Oc1ccc2c(c1C)O/C(=C\c1cccc([N+](=O)[O-])c1)C2=O. The lowest BCUT2D eigenvalue weighted by molar-refractivity contribution is -0.384. The first-order valence-electron chi connectivity index (χ1n) is 7.37. The Bertz CT molecular complexity index is 945. The average Bonchev–Trinajstić information content (AvgIpc) is 2.87. The molecule has 0 unspecified atom stereocenters. The Morgan fingerprint density at radius 2 is 2.04 bits per heavy atom. The predicted octanol–water partition coefficient (Wildman–Crippen LogP) is 3.44. The zero-order valence-electron chi connectivity index (χ0n) is 13.4. The van der Waals surface area contributed by atoms with Crippen molar-refractivity contribution in [3.8, 4) is 11.5 Å². The van der Waals surface area contributed by atoms with Gasteiger partial charge in [0, 0.05) is 24.6 Å². The van der Waals surface area contributed by atoms with Crippen LogP contribution in [0.5, 0.6) is 11.5 Å². The topological polar surface area (TPSA) is 95.7 Å². The molecule has 0 fully saturated rings. The molecule has 7 heteroatoms. The van der Waals surface area contributed by atoms with Gasteiger partial charge in [0.15, 0.2) is 5.76 Å². The minimum atomic E-state index is -0.510. The van der Waals surface area contributed by atoms with Crippen LogP contribution in [0.4, 0.5) is 5.69 Å². The van der Waals surface area contributed by atoms with Crippen molar-refractivity contribution in [2.75, 3.05) is 0 Å². The fourth-order valence-corrected chi connectivity index (χ4v) is 2.51. The smallest absolute Gasteiger partial charge is 0.308 e. The van der Waals surface area contributed by atoms with Crippen LogP contribution in [0.2, 0.25) is 0 Å². The third-order valence-corrected chi connectivity index (χ3v) is 3.67. The van der Waals surface area contributed by atoms with Crippen molar-refractivity contribution in [2.45, 2.75) is 13.8 Å². The van der Waals surface area contributed by atoms with Crippen molar-refractivity contribution in [1.29, 1.82) is 0 Å². The van der Waals surface area contributed by atoms with Gasteiger partial charge in [-0.25, -0.2) is 0 Å². The van der Waals surface area contributed by atoms with E-state index < -0.39 is 10.9 Å². The van der Waals surface area contributed by atoms with E-state index in [1.165, 1.54) is 43.3 Å². The number of fused-ring (bicyclic) bond motifs is 1. The number of hydrogen-bond donors (Lipinski definition) is 0. The minimum absolute atomic E-state index is 0.0542. The molecule has 0 bridgehead atoms. The Morgan fingerprint density at radius 3 is 2.72 bits per heavy atom. The second kappa shape index (κ2) is 6.20. The first-order valence-corrected chi connectivity index (χ1v) is 7.37. The third-order valence-electron chi connectivity index (χ3n) is 3.67. The number of benzene rings is 2. The van der Waals surface area contributed by atoms with Crippen molar-refractivity contribution in [1.82, 2.24) is 0 Å². The third kappa shape index (κ3) is 3.12. The second-order valence-corrected chi connectivity index (χ2v) is 5.45. The van der Waals surface area contributed by atoms with E-state index in [-0.39, 0.29) is 17.2 Å². The van der Waals surface area contributed by atoms with Crippen molar-refractivity contribution >= 4 is 23.5 Å². The van der Waals surface area contributed by atoms with Gasteiger partial charge in [-0.3, -0.25) is 19.7 Å². The summed E-state index contributed by atoms with van der Waals surface area (Å²) in [5, 5.41) is 10.8. The Hall–Kier alpha value is -3.48. The normalized spacial score (nSPS) is 14.2. The fraction of sp³-hybridized carbons (Fsp3) is 0.111. The van der Waals surface area contributed by atoms with Crippen LogP contribution in [0.25, 0.3) is 6.08 Å². The number of nitro groups is 1. The van der Waals surface area contributed by atoms with E-state index in [9.17, 15) is 19.7 Å². The van der Waals surface area contributed by atoms with Gasteiger partial charge in [0.05, 0.1) is 10.5 Å². The van der Waals surface area contributed by atoms with Crippen LogP contribution >= 0.6 is 0 Å². The standard InChI is InChI=1S/C18H13NO6/c1-10-15(24-11(2)20)7-6-14-17(21)16(25-18(10)14)9-12-4-3-5-13(8-12)19(22)23/h3-9H,1-2H3/b16-9-. The van der Waals surface area contributed by atoms with Gasteiger partial charge >= 0.3 is 5.97 Å². The molecule has 0 saturated heterocycles. The van der Waals surface area contributed by atoms with E-state index in [2.05, 4.69) is 0 Å². The Labute approximate surface area is 142 Å². The molecule has 0 radical (unpaired) electrons. The summed E-state index contributed by atoms with van der Waals surface area (Å²) in [4.78, 5) is 33.9. The number of ether oxygens (including phenoxy) is 2. The quantitative estimate of drug-likeness (QED) is 0.279. The molecule has 0 spiro atoms. The van der Waals surface area contributed by atoms with E-state index >= 15 is 0 Å². The van der Waals surface area contributed by atoms with Crippen LogP contribution in [-0.4, -0.2) is 16.7 Å². The Kier molecular flexibility index (Phi) is 4.06. The lowest BCUT2D eigenvalue weighted by Gasteiger charge is -2.08. The van der Waals surface area contributed by atoms with Crippen LogP contribution in [-0.2, 0) is 4.79 Å². The molecule has 7 nitrogen and oxygen atoms in total. The van der Waals surface area contributed by atoms with Gasteiger partial charge in [0.1, 0.15) is 11.5 Å². The predicted molar refractivity (Wildman–Crippen MR) is 88.5 cm³/mol. The summed E-state index contributed by atoms with van der Waals surface area (Å²) >= 11 is 0. The van der Waals surface area contributed by atoms with Crippen LogP contribution in [0, 0.1) is 17.0 Å². The number of rotatable bonds is 3. The molecular formula is C18H13NO6. The van der Waals surface area contributed by atoms with Gasteiger partial charge in [-0.2, -0.15) is 0 Å². The molecule has 2 aromatic carbocycles. The summed E-state index contributed by atoms with van der Waals surface area (Å²) in [6, 6.07) is 8.94. The lowest BCUT2D eigenvalue weighted by Crippen LogP contribution is -2.03. The molecule has 126 valence electrons. The van der Waals surface area contributed by atoms with Gasteiger partial charge in [-0.1, -0.05) is 12.1 Å². The highest BCUT2D eigenvalue weighted by Crippen LogP contribution is 2.39. The van der Waals surface area contributed by atoms with Gasteiger partial charge in [-0.15, -0.1) is 0 Å². The van der Waals surface area contributed by atoms with Crippen molar-refractivity contribution in [3.05, 3.63) is 69.0 Å². The Balaban J connectivity index is 1.97. The molecule has 1 aliphatic rings. The summed E-state index contributed by atoms with van der Waals surface area (Å²) < 4.78 is 10.7. The van der Waals surface area contributed by atoms with Crippen LogP contribution in [0.15, 0.2) is 42.2 Å². The van der Waals surface area contributed by atoms with E-state index in [1.54, 1.807) is 13.0 Å². The number of Topliss-reactive ketones (excluding diaryl/α,β-unsaturated/α-hetero) is 1. The fourth-order valence-electron chi connectivity index (χ4n) is 2.51. The number of ketones is 1. The number of carbonyl (C=O) groups is 2. The highest BCUT2D eigenvalue weighted by Gasteiger charge is 2.30. The molecule has 0 amide bonds. The van der Waals surface area contributed by atoms with E-state index in [0.29, 0.717) is 28.2 Å². The zero-order valence-corrected chi connectivity index (χ0v) is 13.4. The van der Waals surface area contributed by atoms with Crippen molar-refractivity contribution in [2.24, 2.45) is 0 Å². The van der Waals surface area contributed by atoms with Gasteiger partial charge in [-0.05, 0) is 30.7 Å². The summed E-state index contributed by atoms with van der Waals surface area (Å²) in [7, 11) is 0. The molecule has 1 heterocycles. The van der Waals surface area contributed by atoms with Gasteiger partial charge < -0.3 is 9.47 Å². The number of carbonyl (C=O) groups excluding carboxylic acids is 2. The van der Waals surface area contributed by atoms with Crippen LogP contribution in [0.3, 0.4) is 0 Å². The second-order valence-electron chi connectivity index (χ2n) is 5.45. The zero-order chi connectivity index (χ0) is 18.1. The monoisotopic (exact) mass is 339 g/mol. The van der Waals surface area contributed by atoms with Crippen LogP contribution in [0.1, 0.15) is 28.4 Å². The number of non-ortho nitro benzene ring substituents is 1. The van der Waals surface area contributed by atoms with Gasteiger partial charge in [0.2, 0.25) is 5.78 Å². The maximum atomic E-state index is 12.5. The number of esters is 1. The first-order chi connectivity index (χ1) is 11.9. The maximum Gasteiger partial charge on any atom is 0.308 e. The first kappa shape index (κ1) is 16.4. The molecule has 0 atom stereocenters. The number of nitrogens with zero attached hydrogens (tertiary/aromatic N) is 1. The molecule has 25 heavy (non-hydrogen) atoms. The van der Waals surface area contributed by atoms with E-state index in [4.69, 9.17) is 9.47 Å². The van der Waals surface area contributed by atoms with Crippen molar-refractivity contribution in [3.63, 3.8) is 0 Å². The highest BCUT2D eigenvalue weighted by atomic mass is 16.6. The highest BCUT2D eigenvalue weighted by molar-refractivity contribution is 6.15. The largest absolute Gasteiger partial charge is 0.452 e. The van der Waals surface area contributed by atoms with E-state index in [1.807, 2.05) is 0 Å². The van der Waals surface area contributed by atoms with Crippen LogP contribution < -0.4 is 9.47 Å². The number of hydrogen-bond acceptors (Lipinski definition) is 6. The molecule has 0 N–H and O–H groups in total. The van der Waals surface area contributed by atoms with Crippen molar-refractivity contribution < 1.29 is 24.0 Å². The lowest BCUT2D eigenvalue weighted by atomic mass is 10.1. The summed E-state index contributed by atoms with van der Waals surface area (Å²) in [5.74, 6) is -0.117. The van der Waals surface area contributed by atoms with Gasteiger partial charge in [0.25, 0.3) is 5.69 Å². The summed E-state index contributed by atoms with van der Waals surface area (Å²) in [6.45, 7) is 2.97. The van der Waals surface area contributed by atoms with E-state index in [0.717, 1.165) is 0 Å². The summed E-state index contributed by atoms with van der Waals surface area (Å²) in [6.07, 6.45) is 1.44. The Morgan fingerprint density at radius 1 is 1.28 bits per heavy atom. The number of nitro benzene ring substituents is 1. The molecular weight excluding hydrogens is 326 g/mol. The molecule has 0 saturated carbocycles. The minimum Gasteiger partial charge on any atom is -0.452 e. The summed E-state index contributed by atoms with van der Waals surface area (Å²) in [5.41, 5.74) is 1.28. The maximum absolute atomic E-state index is 12.5. The molecule has 0 aliphatic carbocycles.